The number of methoxy groups -OCH3 is 1. The van der Waals surface area contributed by atoms with Crippen LogP contribution in [0.5, 0.6) is 0 Å². The number of hydrogen-bond donors (Lipinski definition) is 0. The molecule has 0 aromatic heterocycles. The first-order chi connectivity index (χ1) is 6.96. The molecule has 1 aliphatic rings. The van der Waals surface area contributed by atoms with Crippen LogP contribution in [0.25, 0.3) is 0 Å². The Morgan fingerprint density at radius 1 is 1.20 bits per heavy atom. The molecular weight excluding hydrogens is 188 g/mol. The fraction of sp³-hybridized carbons (Fsp3) is 0.923. The van der Waals surface area contributed by atoms with E-state index in [1.54, 1.807) is 7.11 Å². The minimum atomic E-state index is -0.453. The van der Waals surface area contributed by atoms with E-state index in [0.717, 1.165) is 32.1 Å². The third kappa shape index (κ3) is 2.81. The molecule has 15 heavy (non-hydrogen) atoms. The zero-order chi connectivity index (χ0) is 11.5. The van der Waals surface area contributed by atoms with Crippen LogP contribution < -0.4 is 0 Å². The lowest BCUT2D eigenvalue weighted by Crippen LogP contribution is -2.45. The molecule has 1 aliphatic carbocycles. The Morgan fingerprint density at radius 2 is 1.73 bits per heavy atom. The van der Waals surface area contributed by atoms with E-state index >= 15 is 0 Å². The fourth-order valence-corrected chi connectivity index (χ4v) is 2.38. The molecule has 2 heteroatoms. The van der Waals surface area contributed by atoms with E-state index in [0.29, 0.717) is 17.6 Å². The number of Topliss-reactive ketones (excluding diaryl/α,β-unsaturated/α-hetero) is 1. The quantitative estimate of drug-likeness (QED) is 0.714. The topological polar surface area (TPSA) is 26.3 Å². The molecule has 0 unspecified atom stereocenters. The second-order valence-electron chi connectivity index (χ2n) is 5.54. The molecule has 0 atom stereocenters. The first-order valence-corrected chi connectivity index (χ1v) is 6.04. The monoisotopic (exact) mass is 212 g/mol. The minimum absolute atomic E-state index is 0.308. The van der Waals surface area contributed by atoms with E-state index < -0.39 is 5.60 Å². The maximum absolute atomic E-state index is 12.0. The van der Waals surface area contributed by atoms with E-state index in [1.165, 1.54) is 0 Å². The Bertz CT molecular complexity index is 221. The van der Waals surface area contributed by atoms with Crippen molar-refractivity contribution < 1.29 is 9.53 Å². The van der Waals surface area contributed by atoms with Crippen molar-refractivity contribution >= 4 is 5.78 Å². The first-order valence-electron chi connectivity index (χ1n) is 6.04. The first kappa shape index (κ1) is 12.7. The highest BCUT2D eigenvalue weighted by Crippen LogP contribution is 2.42. The lowest BCUT2D eigenvalue weighted by molar-refractivity contribution is -0.148. The number of ketones is 1. The van der Waals surface area contributed by atoms with Gasteiger partial charge in [-0.3, -0.25) is 4.79 Å². The third-order valence-corrected chi connectivity index (χ3v) is 3.79. The van der Waals surface area contributed by atoms with Gasteiger partial charge in [0.25, 0.3) is 0 Å². The zero-order valence-electron chi connectivity index (χ0n) is 10.6. The Labute approximate surface area is 93.4 Å². The van der Waals surface area contributed by atoms with Crippen molar-refractivity contribution in [1.29, 1.82) is 0 Å². The van der Waals surface area contributed by atoms with Crippen molar-refractivity contribution in [2.75, 3.05) is 7.11 Å². The predicted octanol–water partition coefficient (Wildman–Crippen LogP) is 3.34. The molecule has 0 heterocycles. The van der Waals surface area contributed by atoms with Crippen molar-refractivity contribution in [3.8, 4) is 0 Å². The highest BCUT2D eigenvalue weighted by molar-refractivity contribution is 5.87. The van der Waals surface area contributed by atoms with Crippen molar-refractivity contribution in [1.82, 2.24) is 0 Å². The molecule has 0 spiro atoms. The van der Waals surface area contributed by atoms with Gasteiger partial charge >= 0.3 is 0 Å². The van der Waals surface area contributed by atoms with E-state index in [1.807, 2.05) is 6.92 Å². The van der Waals surface area contributed by atoms with Crippen LogP contribution in [0.2, 0.25) is 0 Å². The summed E-state index contributed by atoms with van der Waals surface area (Å²) in [6.45, 7) is 6.60. The Hall–Kier alpha value is -0.370. The molecule has 0 amide bonds. The summed E-state index contributed by atoms with van der Waals surface area (Å²) >= 11 is 0. The smallest absolute Gasteiger partial charge is 0.164 e. The highest BCUT2D eigenvalue weighted by Gasteiger charge is 2.43. The molecule has 0 aliphatic heterocycles. The Kier molecular flexibility index (Phi) is 3.93. The van der Waals surface area contributed by atoms with Crippen molar-refractivity contribution in [3.05, 3.63) is 0 Å². The van der Waals surface area contributed by atoms with Crippen LogP contribution in [0.1, 0.15) is 59.3 Å². The zero-order valence-corrected chi connectivity index (χ0v) is 10.6. The molecular formula is C13H24O2. The summed E-state index contributed by atoms with van der Waals surface area (Å²) in [6.07, 6.45) is 5.57. The van der Waals surface area contributed by atoms with Gasteiger partial charge < -0.3 is 4.74 Å². The number of carbonyl (C=O) groups is 1. The van der Waals surface area contributed by atoms with Gasteiger partial charge in [0.2, 0.25) is 0 Å². The lowest BCUT2D eigenvalue weighted by atomic mass is 9.69. The van der Waals surface area contributed by atoms with Crippen LogP contribution in [0, 0.1) is 5.41 Å². The predicted molar refractivity (Wildman–Crippen MR) is 61.9 cm³/mol. The van der Waals surface area contributed by atoms with Gasteiger partial charge in [-0.25, -0.2) is 0 Å². The SMILES string of the molecule is CCCC(=O)C1(OC)CCC(C)(C)CC1. The van der Waals surface area contributed by atoms with Crippen LogP contribution in [-0.4, -0.2) is 18.5 Å². The van der Waals surface area contributed by atoms with Crippen LogP contribution in [0.4, 0.5) is 0 Å². The maximum atomic E-state index is 12.0. The molecule has 2 nitrogen and oxygen atoms in total. The van der Waals surface area contributed by atoms with Crippen LogP contribution >= 0.6 is 0 Å². The highest BCUT2D eigenvalue weighted by atomic mass is 16.5. The second kappa shape index (κ2) is 4.65. The molecule has 0 N–H and O–H groups in total. The Morgan fingerprint density at radius 3 is 2.13 bits per heavy atom. The van der Waals surface area contributed by atoms with E-state index in [-0.39, 0.29) is 0 Å². The van der Waals surface area contributed by atoms with Crippen LogP contribution in [-0.2, 0) is 9.53 Å². The van der Waals surface area contributed by atoms with Gasteiger partial charge in [-0.2, -0.15) is 0 Å². The minimum Gasteiger partial charge on any atom is -0.370 e. The molecule has 0 bridgehead atoms. The summed E-state index contributed by atoms with van der Waals surface area (Å²) in [5.41, 5.74) is -0.0694. The molecule has 0 radical (unpaired) electrons. The number of rotatable bonds is 4. The number of carbonyl (C=O) groups excluding carboxylic acids is 1. The van der Waals surface area contributed by atoms with Gasteiger partial charge in [-0.15, -0.1) is 0 Å². The van der Waals surface area contributed by atoms with Crippen LogP contribution in [0.3, 0.4) is 0 Å². The molecule has 0 aromatic carbocycles. The average molecular weight is 212 g/mol. The van der Waals surface area contributed by atoms with E-state index in [2.05, 4.69) is 13.8 Å². The summed E-state index contributed by atoms with van der Waals surface area (Å²) in [7, 11) is 1.69. The maximum Gasteiger partial charge on any atom is 0.164 e. The van der Waals surface area contributed by atoms with Gasteiger partial charge in [-0.1, -0.05) is 20.8 Å². The fourth-order valence-electron chi connectivity index (χ4n) is 2.38. The number of hydrogen-bond acceptors (Lipinski definition) is 2. The molecule has 0 saturated heterocycles. The Balaban J connectivity index is 2.68. The van der Waals surface area contributed by atoms with Crippen molar-refractivity contribution in [3.63, 3.8) is 0 Å². The second-order valence-corrected chi connectivity index (χ2v) is 5.54. The summed E-state index contributed by atoms with van der Waals surface area (Å²) in [4.78, 5) is 12.0. The van der Waals surface area contributed by atoms with Gasteiger partial charge in [0.15, 0.2) is 5.78 Å². The number of ether oxygens (including phenoxy) is 1. The van der Waals surface area contributed by atoms with Crippen molar-refractivity contribution in [2.24, 2.45) is 5.41 Å². The van der Waals surface area contributed by atoms with Gasteiger partial charge in [0.1, 0.15) is 5.60 Å². The molecule has 1 fully saturated rings. The van der Waals surface area contributed by atoms with Crippen molar-refractivity contribution in [2.45, 2.75) is 64.9 Å². The van der Waals surface area contributed by atoms with Gasteiger partial charge in [0.05, 0.1) is 0 Å². The summed E-state index contributed by atoms with van der Waals surface area (Å²) in [5.74, 6) is 0.308. The largest absolute Gasteiger partial charge is 0.370 e. The normalized spacial score (nSPS) is 23.7. The summed E-state index contributed by atoms with van der Waals surface area (Å²) in [6, 6.07) is 0. The van der Waals surface area contributed by atoms with Gasteiger partial charge in [-0.05, 0) is 37.5 Å². The molecule has 1 rings (SSSR count). The standard InChI is InChI=1S/C13H24O2/c1-5-6-11(14)13(15-4)9-7-12(2,3)8-10-13/h5-10H2,1-4H3. The summed E-state index contributed by atoms with van der Waals surface area (Å²) < 4.78 is 5.54. The molecule has 88 valence electrons. The van der Waals surface area contributed by atoms with E-state index in [9.17, 15) is 4.79 Å². The van der Waals surface area contributed by atoms with Gasteiger partial charge in [0, 0.05) is 13.5 Å². The third-order valence-electron chi connectivity index (χ3n) is 3.79. The molecule has 0 aromatic rings. The molecule has 1 saturated carbocycles. The average Bonchev–Trinajstić information content (AvgIpc) is 2.19. The summed E-state index contributed by atoms with van der Waals surface area (Å²) in [5, 5.41) is 0. The van der Waals surface area contributed by atoms with E-state index in [4.69, 9.17) is 4.74 Å². The van der Waals surface area contributed by atoms with Crippen LogP contribution in [0.15, 0.2) is 0 Å². The lowest BCUT2D eigenvalue weighted by Gasteiger charge is -2.41.